The van der Waals surface area contributed by atoms with Crippen LogP contribution < -0.4 is 5.32 Å². The zero-order chi connectivity index (χ0) is 13.9. The van der Waals surface area contributed by atoms with Crippen LogP contribution in [0.5, 0.6) is 0 Å². The van der Waals surface area contributed by atoms with Crippen molar-refractivity contribution in [2.75, 3.05) is 38.6 Å². The summed E-state index contributed by atoms with van der Waals surface area (Å²) in [5, 5.41) is 5.93. The van der Waals surface area contributed by atoms with Gasteiger partial charge in [-0.15, -0.1) is 0 Å². The van der Waals surface area contributed by atoms with E-state index in [0.29, 0.717) is 5.15 Å². The van der Waals surface area contributed by atoms with Gasteiger partial charge in [-0.1, -0.05) is 35.9 Å². The normalized spacial score (nSPS) is 20.2. The zero-order valence-electron chi connectivity index (χ0n) is 11.5. The molecule has 0 saturated carbocycles. The second kappa shape index (κ2) is 5.95. The van der Waals surface area contributed by atoms with Crippen molar-refractivity contribution in [3.63, 3.8) is 0 Å². The SMILES string of the molecule is CN1CCOC(CNc2cc3ccccc3c(Cl)n2)C1. The highest BCUT2D eigenvalue weighted by Gasteiger charge is 2.17. The lowest BCUT2D eigenvalue weighted by molar-refractivity contribution is -0.0117. The topological polar surface area (TPSA) is 37.4 Å². The summed E-state index contributed by atoms with van der Waals surface area (Å²) in [5.74, 6) is 0.797. The number of fused-ring (bicyclic) bond motifs is 1. The molecule has 1 saturated heterocycles. The van der Waals surface area contributed by atoms with Gasteiger partial charge in [-0.05, 0) is 18.5 Å². The van der Waals surface area contributed by atoms with Crippen molar-refractivity contribution in [3.8, 4) is 0 Å². The van der Waals surface area contributed by atoms with Gasteiger partial charge in [-0.2, -0.15) is 0 Å². The average molecular weight is 292 g/mol. The van der Waals surface area contributed by atoms with Crippen molar-refractivity contribution < 1.29 is 4.74 Å². The summed E-state index contributed by atoms with van der Waals surface area (Å²) in [6.45, 7) is 3.46. The fourth-order valence-corrected chi connectivity index (χ4v) is 2.72. The number of likely N-dealkylation sites (N-methyl/N-ethyl adjacent to an activating group) is 1. The number of hydrogen-bond donors (Lipinski definition) is 1. The van der Waals surface area contributed by atoms with Crippen LogP contribution in [-0.4, -0.2) is 49.3 Å². The number of benzene rings is 1. The molecule has 1 aromatic heterocycles. The Labute approximate surface area is 123 Å². The first kappa shape index (κ1) is 13.6. The molecule has 2 aromatic rings. The summed E-state index contributed by atoms with van der Waals surface area (Å²) >= 11 is 6.22. The molecular formula is C15H18ClN3O. The van der Waals surface area contributed by atoms with Gasteiger partial charge in [0.15, 0.2) is 0 Å². The molecule has 0 spiro atoms. The van der Waals surface area contributed by atoms with Crippen LogP contribution in [0.25, 0.3) is 10.8 Å². The van der Waals surface area contributed by atoms with Crippen LogP contribution in [0, 0.1) is 0 Å². The predicted molar refractivity (Wildman–Crippen MR) is 82.5 cm³/mol. The van der Waals surface area contributed by atoms with E-state index in [2.05, 4.69) is 22.2 Å². The Morgan fingerprint density at radius 1 is 1.45 bits per heavy atom. The predicted octanol–water partition coefficient (Wildman–Crippen LogP) is 2.63. The van der Waals surface area contributed by atoms with Gasteiger partial charge >= 0.3 is 0 Å². The van der Waals surface area contributed by atoms with E-state index in [1.807, 2.05) is 30.3 Å². The molecule has 106 valence electrons. The standard InChI is InChI=1S/C15H18ClN3O/c1-19-6-7-20-12(10-19)9-17-14-8-11-4-2-3-5-13(11)15(16)18-14/h2-5,8,12H,6-7,9-10H2,1H3,(H,17,18). The van der Waals surface area contributed by atoms with Crippen LogP contribution in [0.1, 0.15) is 0 Å². The number of rotatable bonds is 3. The Bertz CT molecular complexity index is 605. The zero-order valence-corrected chi connectivity index (χ0v) is 12.2. The Morgan fingerprint density at radius 2 is 2.30 bits per heavy atom. The first-order chi connectivity index (χ1) is 9.72. The third-order valence-corrected chi connectivity index (χ3v) is 3.83. The number of nitrogens with one attached hydrogen (secondary N) is 1. The fourth-order valence-electron chi connectivity index (χ4n) is 2.46. The van der Waals surface area contributed by atoms with E-state index in [1.165, 1.54) is 0 Å². The van der Waals surface area contributed by atoms with Gasteiger partial charge in [0.1, 0.15) is 11.0 Å². The molecule has 1 aliphatic rings. The number of nitrogens with zero attached hydrogens (tertiary/aromatic N) is 2. The molecule has 20 heavy (non-hydrogen) atoms. The largest absolute Gasteiger partial charge is 0.374 e. The van der Waals surface area contributed by atoms with Crippen molar-refractivity contribution in [3.05, 3.63) is 35.5 Å². The maximum absolute atomic E-state index is 6.22. The number of halogens is 1. The Morgan fingerprint density at radius 3 is 3.15 bits per heavy atom. The Kier molecular flexibility index (Phi) is 4.05. The quantitative estimate of drug-likeness (QED) is 0.882. The van der Waals surface area contributed by atoms with Gasteiger partial charge in [-0.25, -0.2) is 4.98 Å². The van der Waals surface area contributed by atoms with Crippen LogP contribution in [-0.2, 0) is 4.74 Å². The van der Waals surface area contributed by atoms with Crippen molar-refractivity contribution in [2.45, 2.75) is 6.10 Å². The average Bonchev–Trinajstić information content (AvgIpc) is 2.45. The van der Waals surface area contributed by atoms with Crippen molar-refractivity contribution in [1.29, 1.82) is 0 Å². The summed E-state index contributed by atoms with van der Waals surface area (Å²) in [7, 11) is 2.11. The molecule has 1 fully saturated rings. The van der Waals surface area contributed by atoms with Gasteiger partial charge in [-0.3, -0.25) is 0 Å². The van der Waals surface area contributed by atoms with Crippen LogP contribution in [0.4, 0.5) is 5.82 Å². The summed E-state index contributed by atoms with van der Waals surface area (Å²) in [5.41, 5.74) is 0. The molecule has 1 aliphatic heterocycles. The van der Waals surface area contributed by atoms with E-state index in [-0.39, 0.29) is 6.10 Å². The third-order valence-electron chi connectivity index (χ3n) is 3.55. The number of hydrogen-bond acceptors (Lipinski definition) is 4. The highest BCUT2D eigenvalue weighted by molar-refractivity contribution is 6.34. The fraction of sp³-hybridized carbons (Fsp3) is 0.400. The van der Waals surface area contributed by atoms with Gasteiger partial charge < -0.3 is 15.0 Å². The van der Waals surface area contributed by atoms with Gasteiger partial charge in [0.2, 0.25) is 0 Å². The molecule has 1 aromatic carbocycles. The molecule has 4 nitrogen and oxygen atoms in total. The maximum Gasteiger partial charge on any atom is 0.139 e. The van der Waals surface area contributed by atoms with Crippen LogP contribution in [0.3, 0.4) is 0 Å². The van der Waals surface area contributed by atoms with Gasteiger partial charge in [0, 0.05) is 25.0 Å². The van der Waals surface area contributed by atoms with Crippen LogP contribution in [0.2, 0.25) is 5.15 Å². The van der Waals surface area contributed by atoms with Crippen molar-refractivity contribution in [1.82, 2.24) is 9.88 Å². The van der Waals surface area contributed by atoms with Crippen molar-refractivity contribution in [2.24, 2.45) is 0 Å². The number of anilines is 1. The van der Waals surface area contributed by atoms with E-state index < -0.39 is 0 Å². The van der Waals surface area contributed by atoms with E-state index in [4.69, 9.17) is 16.3 Å². The molecule has 3 rings (SSSR count). The lowest BCUT2D eigenvalue weighted by Crippen LogP contribution is -2.43. The molecular weight excluding hydrogens is 274 g/mol. The first-order valence-corrected chi connectivity index (χ1v) is 7.19. The minimum atomic E-state index is 0.195. The first-order valence-electron chi connectivity index (χ1n) is 6.81. The highest BCUT2D eigenvalue weighted by Crippen LogP contribution is 2.24. The number of ether oxygens (including phenoxy) is 1. The summed E-state index contributed by atoms with van der Waals surface area (Å²) in [6.07, 6.45) is 0.195. The van der Waals surface area contributed by atoms with E-state index in [9.17, 15) is 0 Å². The Balaban J connectivity index is 1.71. The second-order valence-electron chi connectivity index (χ2n) is 5.16. The maximum atomic E-state index is 6.22. The Hall–Kier alpha value is -1.36. The summed E-state index contributed by atoms with van der Waals surface area (Å²) in [6, 6.07) is 10.0. The molecule has 0 radical (unpaired) electrons. The number of aromatic nitrogens is 1. The van der Waals surface area contributed by atoms with E-state index in [0.717, 1.165) is 42.8 Å². The molecule has 0 bridgehead atoms. The van der Waals surface area contributed by atoms with E-state index in [1.54, 1.807) is 0 Å². The second-order valence-corrected chi connectivity index (χ2v) is 5.51. The van der Waals surface area contributed by atoms with Crippen molar-refractivity contribution >= 4 is 28.2 Å². The third kappa shape index (κ3) is 3.03. The summed E-state index contributed by atoms with van der Waals surface area (Å²) < 4.78 is 5.72. The number of pyridine rings is 1. The highest BCUT2D eigenvalue weighted by atomic mass is 35.5. The van der Waals surface area contributed by atoms with Crippen LogP contribution in [0.15, 0.2) is 30.3 Å². The molecule has 0 amide bonds. The molecule has 5 heteroatoms. The molecule has 1 unspecified atom stereocenters. The molecule has 0 aliphatic carbocycles. The smallest absolute Gasteiger partial charge is 0.139 e. The lowest BCUT2D eigenvalue weighted by Gasteiger charge is -2.30. The molecule has 1 atom stereocenters. The van der Waals surface area contributed by atoms with E-state index >= 15 is 0 Å². The monoisotopic (exact) mass is 291 g/mol. The summed E-state index contributed by atoms with van der Waals surface area (Å²) in [4.78, 5) is 6.66. The van der Waals surface area contributed by atoms with Gasteiger partial charge in [0.25, 0.3) is 0 Å². The minimum absolute atomic E-state index is 0.195. The molecule has 2 heterocycles. The molecule has 1 N–H and O–H groups in total. The minimum Gasteiger partial charge on any atom is -0.374 e. The van der Waals surface area contributed by atoms with Gasteiger partial charge in [0.05, 0.1) is 12.7 Å². The lowest BCUT2D eigenvalue weighted by atomic mass is 10.2. The number of morpholine rings is 1. The van der Waals surface area contributed by atoms with Crippen LogP contribution >= 0.6 is 11.6 Å².